The predicted molar refractivity (Wildman–Crippen MR) is 51.9 cm³/mol. The molecule has 0 saturated heterocycles. The highest BCUT2D eigenvalue weighted by molar-refractivity contribution is 5.78. The Hall–Kier alpha value is -0.530. The van der Waals surface area contributed by atoms with Crippen LogP contribution in [0.4, 0.5) is 0 Å². The standard InChI is InChI=1S/C9H17NO.CH4/c1-7-5-3-4-6-8(7)9(11)10-2;/h7-8H,3-6H2,1-2H3,(H,10,11);1H4. The van der Waals surface area contributed by atoms with E-state index in [4.69, 9.17) is 0 Å². The number of hydrogen-bond donors (Lipinski definition) is 1. The van der Waals surface area contributed by atoms with Crippen LogP contribution in [0.25, 0.3) is 0 Å². The molecule has 1 rings (SSSR count). The van der Waals surface area contributed by atoms with Crippen LogP contribution in [-0.2, 0) is 4.79 Å². The molecule has 2 unspecified atom stereocenters. The van der Waals surface area contributed by atoms with Crippen molar-refractivity contribution in [2.75, 3.05) is 7.05 Å². The smallest absolute Gasteiger partial charge is 0.223 e. The maximum Gasteiger partial charge on any atom is 0.223 e. The number of nitrogens with one attached hydrogen (secondary N) is 1. The number of rotatable bonds is 1. The Morgan fingerprint density at radius 1 is 1.33 bits per heavy atom. The SMILES string of the molecule is C.CNC(=O)C1CCCCC1C. The van der Waals surface area contributed by atoms with E-state index in [9.17, 15) is 4.79 Å². The van der Waals surface area contributed by atoms with Crippen LogP contribution in [0.5, 0.6) is 0 Å². The summed E-state index contributed by atoms with van der Waals surface area (Å²) in [5.74, 6) is 1.11. The summed E-state index contributed by atoms with van der Waals surface area (Å²) in [6.45, 7) is 2.18. The Labute approximate surface area is 75.7 Å². The van der Waals surface area contributed by atoms with Crippen molar-refractivity contribution < 1.29 is 4.79 Å². The van der Waals surface area contributed by atoms with Crippen LogP contribution in [0.3, 0.4) is 0 Å². The molecule has 1 N–H and O–H groups in total. The number of hydrogen-bond acceptors (Lipinski definition) is 1. The second-order valence-electron chi connectivity index (χ2n) is 3.48. The molecule has 12 heavy (non-hydrogen) atoms. The summed E-state index contributed by atoms with van der Waals surface area (Å²) in [5.41, 5.74) is 0. The highest BCUT2D eigenvalue weighted by Crippen LogP contribution is 2.29. The summed E-state index contributed by atoms with van der Waals surface area (Å²) >= 11 is 0. The minimum absolute atomic E-state index is 0. The molecule has 0 bridgehead atoms. The van der Waals surface area contributed by atoms with Crippen LogP contribution in [0.15, 0.2) is 0 Å². The molecule has 1 aliphatic rings. The average Bonchev–Trinajstić information content (AvgIpc) is 2.04. The third kappa shape index (κ3) is 2.50. The van der Waals surface area contributed by atoms with Crippen molar-refractivity contribution >= 4 is 5.91 Å². The number of carbonyl (C=O) groups excluding carboxylic acids is 1. The van der Waals surface area contributed by atoms with Gasteiger partial charge in [0.2, 0.25) is 5.91 Å². The molecular weight excluding hydrogens is 150 g/mol. The fourth-order valence-electron chi connectivity index (χ4n) is 1.89. The molecule has 2 nitrogen and oxygen atoms in total. The van der Waals surface area contributed by atoms with Crippen LogP contribution in [0.2, 0.25) is 0 Å². The van der Waals surface area contributed by atoms with Crippen molar-refractivity contribution in [2.45, 2.75) is 40.0 Å². The van der Waals surface area contributed by atoms with Gasteiger partial charge in [-0.25, -0.2) is 0 Å². The first kappa shape index (κ1) is 11.5. The minimum atomic E-state index is 0. The van der Waals surface area contributed by atoms with Crippen molar-refractivity contribution in [1.82, 2.24) is 5.32 Å². The van der Waals surface area contributed by atoms with E-state index >= 15 is 0 Å². The normalized spacial score (nSPS) is 28.8. The Kier molecular flexibility index (Phi) is 4.95. The van der Waals surface area contributed by atoms with Gasteiger partial charge in [0.1, 0.15) is 0 Å². The van der Waals surface area contributed by atoms with Gasteiger partial charge in [-0.2, -0.15) is 0 Å². The topological polar surface area (TPSA) is 29.1 Å². The van der Waals surface area contributed by atoms with Gasteiger partial charge >= 0.3 is 0 Å². The number of carbonyl (C=O) groups is 1. The van der Waals surface area contributed by atoms with E-state index < -0.39 is 0 Å². The lowest BCUT2D eigenvalue weighted by atomic mass is 9.80. The second kappa shape index (κ2) is 5.18. The highest BCUT2D eigenvalue weighted by atomic mass is 16.1. The molecule has 0 aromatic carbocycles. The molecule has 72 valence electrons. The van der Waals surface area contributed by atoms with Crippen LogP contribution >= 0.6 is 0 Å². The Balaban J connectivity index is 0.00000121. The molecule has 0 spiro atoms. The van der Waals surface area contributed by atoms with Crippen LogP contribution < -0.4 is 5.32 Å². The van der Waals surface area contributed by atoms with Crippen molar-refractivity contribution in [3.63, 3.8) is 0 Å². The predicted octanol–water partition coefficient (Wildman–Crippen LogP) is 2.19. The molecule has 2 atom stereocenters. The van der Waals surface area contributed by atoms with Crippen molar-refractivity contribution in [1.29, 1.82) is 0 Å². The van der Waals surface area contributed by atoms with Gasteiger partial charge in [0.15, 0.2) is 0 Å². The minimum Gasteiger partial charge on any atom is -0.359 e. The van der Waals surface area contributed by atoms with Gasteiger partial charge in [-0.3, -0.25) is 4.79 Å². The first-order valence-electron chi connectivity index (χ1n) is 4.47. The number of amides is 1. The molecule has 1 aliphatic carbocycles. The first-order chi connectivity index (χ1) is 5.25. The summed E-state index contributed by atoms with van der Waals surface area (Å²) in [6, 6.07) is 0. The molecule has 1 fully saturated rings. The van der Waals surface area contributed by atoms with Crippen LogP contribution in [0.1, 0.15) is 40.0 Å². The lowest BCUT2D eigenvalue weighted by molar-refractivity contribution is -0.126. The molecule has 2 heteroatoms. The largest absolute Gasteiger partial charge is 0.359 e. The highest BCUT2D eigenvalue weighted by Gasteiger charge is 2.26. The maximum absolute atomic E-state index is 11.3. The third-order valence-corrected chi connectivity index (χ3v) is 2.69. The van der Waals surface area contributed by atoms with E-state index in [-0.39, 0.29) is 19.3 Å². The molecule has 1 saturated carbocycles. The third-order valence-electron chi connectivity index (χ3n) is 2.69. The molecule has 0 aromatic rings. The molecule has 0 aromatic heterocycles. The molecule has 0 radical (unpaired) electrons. The zero-order chi connectivity index (χ0) is 8.27. The van der Waals surface area contributed by atoms with Crippen molar-refractivity contribution in [3.8, 4) is 0 Å². The second-order valence-corrected chi connectivity index (χ2v) is 3.48. The van der Waals surface area contributed by atoms with E-state index in [1.807, 2.05) is 0 Å². The summed E-state index contributed by atoms with van der Waals surface area (Å²) in [4.78, 5) is 11.3. The van der Waals surface area contributed by atoms with Gasteiger partial charge < -0.3 is 5.32 Å². The van der Waals surface area contributed by atoms with Gasteiger partial charge in [-0.15, -0.1) is 0 Å². The van der Waals surface area contributed by atoms with Gasteiger partial charge in [-0.1, -0.05) is 27.2 Å². The van der Waals surface area contributed by atoms with E-state index in [2.05, 4.69) is 12.2 Å². The van der Waals surface area contributed by atoms with E-state index in [0.717, 1.165) is 6.42 Å². The fraction of sp³-hybridized carbons (Fsp3) is 0.900. The lowest BCUT2D eigenvalue weighted by Crippen LogP contribution is -2.33. The van der Waals surface area contributed by atoms with E-state index in [1.54, 1.807) is 7.05 Å². The first-order valence-corrected chi connectivity index (χ1v) is 4.47. The van der Waals surface area contributed by atoms with Crippen molar-refractivity contribution in [2.24, 2.45) is 11.8 Å². The summed E-state index contributed by atoms with van der Waals surface area (Å²) in [7, 11) is 1.73. The Morgan fingerprint density at radius 3 is 2.42 bits per heavy atom. The zero-order valence-electron chi connectivity index (χ0n) is 7.39. The van der Waals surface area contributed by atoms with Crippen LogP contribution in [-0.4, -0.2) is 13.0 Å². The molecule has 1 amide bonds. The van der Waals surface area contributed by atoms with Gasteiger partial charge in [0.25, 0.3) is 0 Å². The molecule has 0 aliphatic heterocycles. The molecule has 0 heterocycles. The van der Waals surface area contributed by atoms with Gasteiger partial charge in [0.05, 0.1) is 0 Å². The summed E-state index contributed by atoms with van der Waals surface area (Å²) in [6.07, 6.45) is 4.83. The van der Waals surface area contributed by atoms with Crippen molar-refractivity contribution in [3.05, 3.63) is 0 Å². The molecular formula is C10H21NO. The van der Waals surface area contributed by atoms with Crippen LogP contribution in [0, 0.1) is 11.8 Å². The fourth-order valence-corrected chi connectivity index (χ4v) is 1.89. The Morgan fingerprint density at radius 2 is 1.92 bits per heavy atom. The lowest BCUT2D eigenvalue weighted by Gasteiger charge is -2.26. The zero-order valence-corrected chi connectivity index (χ0v) is 7.39. The quantitative estimate of drug-likeness (QED) is 0.644. The summed E-state index contributed by atoms with van der Waals surface area (Å²) in [5, 5.41) is 2.73. The maximum atomic E-state index is 11.3. The van der Waals surface area contributed by atoms with Gasteiger partial charge in [0, 0.05) is 13.0 Å². The van der Waals surface area contributed by atoms with E-state index in [0.29, 0.717) is 5.92 Å². The monoisotopic (exact) mass is 171 g/mol. The summed E-state index contributed by atoms with van der Waals surface area (Å²) < 4.78 is 0. The van der Waals surface area contributed by atoms with E-state index in [1.165, 1.54) is 19.3 Å². The average molecular weight is 171 g/mol. The Bertz CT molecular complexity index is 145. The van der Waals surface area contributed by atoms with Gasteiger partial charge in [-0.05, 0) is 18.8 Å².